The summed E-state index contributed by atoms with van der Waals surface area (Å²) < 4.78 is 1.40. The summed E-state index contributed by atoms with van der Waals surface area (Å²) in [4.78, 5) is 28.7. The Bertz CT molecular complexity index is 1870. The van der Waals surface area contributed by atoms with E-state index in [4.69, 9.17) is 0 Å². The van der Waals surface area contributed by atoms with Gasteiger partial charge in [0.2, 0.25) is 5.78 Å². The van der Waals surface area contributed by atoms with Crippen LogP contribution in [0.4, 0.5) is 17.1 Å². The van der Waals surface area contributed by atoms with E-state index in [0.717, 1.165) is 27.8 Å². The number of aryl methyl sites for hydroxylation is 1. The largest absolute Gasteiger partial charge is 0.506 e. The van der Waals surface area contributed by atoms with Crippen LogP contribution < -0.4 is 10.5 Å². The van der Waals surface area contributed by atoms with Gasteiger partial charge in [0, 0.05) is 34.8 Å². The van der Waals surface area contributed by atoms with Crippen LogP contribution in [0.3, 0.4) is 0 Å². The fourth-order valence-electron chi connectivity index (χ4n) is 5.00. The van der Waals surface area contributed by atoms with Crippen molar-refractivity contribution in [3.8, 4) is 5.75 Å². The quantitative estimate of drug-likeness (QED) is 0.259. The Balaban J connectivity index is 1.46. The SMILES string of the molecule is Cn1c(=O)c(C(=O)c2ccc(N(c3ccccc3)c3cccc4ccccc34)cc2)c(O)c2ccccc21. The molecule has 0 fully saturated rings. The molecule has 38 heavy (non-hydrogen) atoms. The van der Waals surface area contributed by atoms with Gasteiger partial charge in [-0.25, -0.2) is 0 Å². The number of fused-ring (bicyclic) bond motifs is 2. The smallest absolute Gasteiger partial charge is 0.265 e. The number of para-hydroxylation sites is 2. The maximum absolute atomic E-state index is 13.5. The molecule has 1 aromatic heterocycles. The van der Waals surface area contributed by atoms with Crippen LogP contribution in [0.5, 0.6) is 5.75 Å². The molecule has 184 valence electrons. The maximum atomic E-state index is 13.5. The summed E-state index contributed by atoms with van der Waals surface area (Å²) in [5.41, 5.74) is 2.97. The lowest BCUT2D eigenvalue weighted by Crippen LogP contribution is -2.25. The lowest BCUT2D eigenvalue weighted by Gasteiger charge is -2.27. The summed E-state index contributed by atoms with van der Waals surface area (Å²) in [5, 5.41) is 13.6. The summed E-state index contributed by atoms with van der Waals surface area (Å²) >= 11 is 0. The number of rotatable bonds is 5. The second kappa shape index (κ2) is 9.37. The van der Waals surface area contributed by atoms with E-state index in [2.05, 4.69) is 29.2 Å². The van der Waals surface area contributed by atoms with Crippen LogP contribution in [0.25, 0.3) is 21.7 Å². The van der Waals surface area contributed by atoms with Crippen LogP contribution in [-0.2, 0) is 7.05 Å². The molecule has 1 heterocycles. The van der Waals surface area contributed by atoms with E-state index in [1.54, 1.807) is 43.4 Å². The Hall–Kier alpha value is -5.16. The molecule has 0 spiro atoms. The van der Waals surface area contributed by atoms with Crippen LogP contribution in [0.2, 0.25) is 0 Å². The Morgan fingerprint density at radius 1 is 0.684 bits per heavy atom. The highest BCUT2D eigenvalue weighted by molar-refractivity contribution is 6.13. The third-order valence-electron chi connectivity index (χ3n) is 6.91. The van der Waals surface area contributed by atoms with E-state index < -0.39 is 11.3 Å². The van der Waals surface area contributed by atoms with Gasteiger partial charge in [0.1, 0.15) is 11.3 Å². The average molecular weight is 497 g/mol. The number of pyridine rings is 1. The number of aromatic nitrogens is 1. The van der Waals surface area contributed by atoms with Gasteiger partial charge in [0.15, 0.2) is 0 Å². The molecule has 0 amide bonds. The normalized spacial score (nSPS) is 11.1. The first-order chi connectivity index (χ1) is 18.5. The van der Waals surface area contributed by atoms with E-state index in [1.165, 1.54) is 4.57 Å². The predicted octanol–water partition coefficient (Wildman–Crippen LogP) is 7.10. The minimum atomic E-state index is -0.531. The highest BCUT2D eigenvalue weighted by atomic mass is 16.3. The van der Waals surface area contributed by atoms with Crippen molar-refractivity contribution in [2.45, 2.75) is 0 Å². The summed E-state index contributed by atoms with van der Waals surface area (Å²) in [6, 6.07) is 38.6. The topological polar surface area (TPSA) is 62.5 Å². The fourth-order valence-corrected chi connectivity index (χ4v) is 5.00. The minimum absolute atomic E-state index is 0.229. The first-order valence-corrected chi connectivity index (χ1v) is 12.3. The van der Waals surface area contributed by atoms with Gasteiger partial charge in [-0.15, -0.1) is 0 Å². The first kappa shape index (κ1) is 23.3. The molecule has 0 saturated carbocycles. The van der Waals surface area contributed by atoms with Gasteiger partial charge >= 0.3 is 0 Å². The molecule has 0 aliphatic heterocycles. The molecule has 0 radical (unpaired) electrons. The van der Waals surface area contributed by atoms with Crippen molar-refractivity contribution in [3.05, 3.63) is 143 Å². The fraction of sp³-hybridized carbons (Fsp3) is 0.0303. The lowest BCUT2D eigenvalue weighted by molar-refractivity contribution is 0.103. The molecule has 5 aromatic carbocycles. The molecule has 0 unspecified atom stereocenters. The van der Waals surface area contributed by atoms with Gasteiger partial charge in [0.25, 0.3) is 5.56 Å². The molecule has 5 heteroatoms. The first-order valence-electron chi connectivity index (χ1n) is 12.3. The summed E-state index contributed by atoms with van der Waals surface area (Å²) in [5.74, 6) is -0.809. The van der Waals surface area contributed by atoms with Crippen molar-refractivity contribution in [1.29, 1.82) is 0 Å². The Morgan fingerprint density at radius 2 is 1.29 bits per heavy atom. The standard InChI is InChI=1S/C33H24N2O3/c1-34-28-16-8-7-15-27(28)32(37)30(33(34)38)31(36)23-18-20-25(21-19-23)35(24-12-3-2-4-13-24)29-17-9-11-22-10-5-6-14-26(22)29/h2-21,37H,1H3. The molecule has 1 N–H and O–H groups in total. The maximum Gasteiger partial charge on any atom is 0.265 e. The highest BCUT2D eigenvalue weighted by Crippen LogP contribution is 2.39. The number of anilines is 3. The zero-order valence-corrected chi connectivity index (χ0v) is 20.7. The van der Waals surface area contributed by atoms with Gasteiger partial charge in [0.05, 0.1) is 11.2 Å². The van der Waals surface area contributed by atoms with Crippen molar-refractivity contribution in [1.82, 2.24) is 4.57 Å². The van der Waals surface area contributed by atoms with Gasteiger partial charge in [-0.3, -0.25) is 9.59 Å². The number of benzene rings is 5. The summed E-state index contributed by atoms with van der Waals surface area (Å²) in [6.07, 6.45) is 0. The van der Waals surface area contributed by atoms with Crippen LogP contribution >= 0.6 is 0 Å². The number of aromatic hydroxyl groups is 1. The predicted molar refractivity (Wildman–Crippen MR) is 153 cm³/mol. The van der Waals surface area contributed by atoms with E-state index in [1.807, 2.05) is 60.7 Å². The monoisotopic (exact) mass is 496 g/mol. The molecule has 0 aliphatic rings. The second-order valence-corrected chi connectivity index (χ2v) is 9.15. The third-order valence-corrected chi connectivity index (χ3v) is 6.91. The van der Waals surface area contributed by atoms with Gasteiger partial charge in [-0.05, 0) is 60.0 Å². The van der Waals surface area contributed by atoms with Crippen LogP contribution in [0.15, 0.2) is 126 Å². The Labute approximate surface area is 219 Å². The molecule has 0 saturated heterocycles. The lowest BCUT2D eigenvalue weighted by atomic mass is 10.0. The number of carbonyl (C=O) groups is 1. The third kappa shape index (κ3) is 3.82. The minimum Gasteiger partial charge on any atom is -0.506 e. The number of ketones is 1. The Morgan fingerprint density at radius 3 is 2.05 bits per heavy atom. The molecule has 6 aromatic rings. The highest BCUT2D eigenvalue weighted by Gasteiger charge is 2.23. The Kier molecular flexibility index (Phi) is 5.74. The van der Waals surface area contributed by atoms with E-state index >= 15 is 0 Å². The zero-order valence-electron chi connectivity index (χ0n) is 20.7. The van der Waals surface area contributed by atoms with Crippen LogP contribution in [-0.4, -0.2) is 15.5 Å². The molecular weight excluding hydrogens is 472 g/mol. The van der Waals surface area contributed by atoms with Crippen LogP contribution in [0, 0.1) is 0 Å². The molecule has 5 nitrogen and oxygen atoms in total. The van der Waals surface area contributed by atoms with Gasteiger partial charge in [-0.1, -0.05) is 66.7 Å². The van der Waals surface area contributed by atoms with Crippen LogP contribution in [0.1, 0.15) is 15.9 Å². The van der Waals surface area contributed by atoms with Crippen molar-refractivity contribution in [2.75, 3.05) is 4.90 Å². The molecular formula is C33H24N2O3. The van der Waals surface area contributed by atoms with Gasteiger partial charge in [-0.2, -0.15) is 0 Å². The van der Waals surface area contributed by atoms with Crippen molar-refractivity contribution in [2.24, 2.45) is 7.05 Å². The van der Waals surface area contributed by atoms with E-state index in [9.17, 15) is 14.7 Å². The van der Waals surface area contributed by atoms with Gasteiger partial charge < -0.3 is 14.6 Å². The summed E-state index contributed by atoms with van der Waals surface area (Å²) in [7, 11) is 1.60. The van der Waals surface area contributed by atoms with E-state index in [-0.39, 0.29) is 11.3 Å². The zero-order chi connectivity index (χ0) is 26.2. The summed E-state index contributed by atoms with van der Waals surface area (Å²) in [6.45, 7) is 0. The average Bonchev–Trinajstić information content (AvgIpc) is 2.97. The van der Waals surface area contributed by atoms with E-state index in [0.29, 0.717) is 16.5 Å². The van der Waals surface area contributed by atoms with Crippen molar-refractivity contribution >= 4 is 44.5 Å². The number of carbonyl (C=O) groups excluding carboxylic acids is 1. The van der Waals surface area contributed by atoms with Crippen molar-refractivity contribution < 1.29 is 9.90 Å². The molecule has 0 bridgehead atoms. The second-order valence-electron chi connectivity index (χ2n) is 9.15. The molecule has 6 rings (SSSR count). The van der Waals surface area contributed by atoms with Crippen molar-refractivity contribution in [3.63, 3.8) is 0 Å². The number of hydrogen-bond donors (Lipinski definition) is 1. The number of nitrogens with zero attached hydrogens (tertiary/aromatic N) is 2. The molecule has 0 atom stereocenters. The number of hydrogen-bond acceptors (Lipinski definition) is 4. The molecule has 0 aliphatic carbocycles.